The van der Waals surface area contributed by atoms with Crippen molar-refractivity contribution in [3.63, 3.8) is 0 Å². The topological polar surface area (TPSA) is 86.8 Å². The summed E-state index contributed by atoms with van der Waals surface area (Å²) < 4.78 is 41.7. The molecule has 0 spiro atoms. The van der Waals surface area contributed by atoms with Gasteiger partial charge in [0.25, 0.3) is 10.0 Å². The van der Waals surface area contributed by atoms with Crippen molar-refractivity contribution < 1.29 is 22.4 Å². The maximum atomic E-state index is 13.7. The Kier molecular flexibility index (Phi) is 9.41. The van der Waals surface area contributed by atoms with E-state index in [4.69, 9.17) is 0 Å². The summed E-state index contributed by atoms with van der Waals surface area (Å²) in [5, 5.41) is 2.85. The largest absolute Gasteiger partial charge is 0.354 e. The van der Waals surface area contributed by atoms with Crippen molar-refractivity contribution in [1.29, 1.82) is 0 Å². The first-order valence-corrected chi connectivity index (χ1v) is 13.5. The zero-order valence-electron chi connectivity index (χ0n) is 21.2. The van der Waals surface area contributed by atoms with Gasteiger partial charge in [0.15, 0.2) is 0 Å². The number of rotatable bonds is 11. The summed E-state index contributed by atoms with van der Waals surface area (Å²) in [7, 11) is -4.22. The Hall–Kier alpha value is -3.72. The predicted molar refractivity (Wildman–Crippen MR) is 142 cm³/mol. The van der Waals surface area contributed by atoms with Crippen LogP contribution in [0.4, 0.5) is 10.1 Å². The molecule has 0 radical (unpaired) electrons. The standard InChI is InChI=1S/C28H32FN3O4S/c1-21(2)18-30-28(34)22(3)31(19-23-10-6-4-7-11-23)27(33)20-32(25-12-8-5-9-13-25)37(35,36)26-16-14-24(29)15-17-26/h4-17,21-22H,18-20H2,1-3H3,(H,30,34)/t22-/m1/s1. The second-order valence-corrected chi connectivity index (χ2v) is 11.0. The van der Waals surface area contributed by atoms with Gasteiger partial charge in [0.05, 0.1) is 10.6 Å². The minimum Gasteiger partial charge on any atom is -0.354 e. The molecule has 3 aromatic carbocycles. The summed E-state index contributed by atoms with van der Waals surface area (Å²) in [6.07, 6.45) is 0. The summed E-state index contributed by atoms with van der Waals surface area (Å²) in [5.74, 6) is -1.23. The zero-order valence-corrected chi connectivity index (χ0v) is 22.0. The minimum absolute atomic E-state index is 0.120. The van der Waals surface area contributed by atoms with E-state index in [0.29, 0.717) is 6.54 Å². The maximum Gasteiger partial charge on any atom is 0.264 e. The molecule has 196 valence electrons. The first kappa shape index (κ1) is 27.9. The molecule has 0 aromatic heterocycles. The van der Waals surface area contributed by atoms with Crippen LogP contribution >= 0.6 is 0 Å². The molecule has 7 nitrogen and oxygen atoms in total. The fourth-order valence-corrected chi connectivity index (χ4v) is 5.09. The molecule has 3 aromatic rings. The number of carbonyl (C=O) groups is 2. The number of para-hydroxylation sites is 1. The second-order valence-electron chi connectivity index (χ2n) is 9.12. The quantitative estimate of drug-likeness (QED) is 0.406. The van der Waals surface area contributed by atoms with E-state index in [1.165, 1.54) is 4.90 Å². The monoisotopic (exact) mass is 525 g/mol. The number of hydrogen-bond acceptors (Lipinski definition) is 4. The summed E-state index contributed by atoms with van der Waals surface area (Å²) in [6.45, 7) is 5.59. The smallest absolute Gasteiger partial charge is 0.264 e. The van der Waals surface area contributed by atoms with Crippen molar-refractivity contribution >= 4 is 27.5 Å². The lowest BCUT2D eigenvalue weighted by molar-refractivity contribution is -0.139. The molecule has 0 bridgehead atoms. The van der Waals surface area contributed by atoms with Crippen molar-refractivity contribution in [2.24, 2.45) is 5.92 Å². The van der Waals surface area contributed by atoms with Gasteiger partial charge in [-0.25, -0.2) is 12.8 Å². The van der Waals surface area contributed by atoms with E-state index in [1.54, 1.807) is 37.3 Å². The Bertz CT molecular complexity index is 1280. The Balaban J connectivity index is 1.97. The van der Waals surface area contributed by atoms with E-state index < -0.39 is 34.3 Å². The maximum absolute atomic E-state index is 13.7. The number of amides is 2. The molecule has 0 unspecified atom stereocenters. The van der Waals surface area contributed by atoms with Crippen molar-refractivity contribution in [2.45, 2.75) is 38.3 Å². The first-order chi connectivity index (χ1) is 17.6. The van der Waals surface area contributed by atoms with E-state index in [0.717, 1.165) is 34.1 Å². The summed E-state index contributed by atoms with van der Waals surface area (Å²) >= 11 is 0. The molecule has 0 aliphatic heterocycles. The van der Waals surface area contributed by atoms with E-state index in [2.05, 4.69) is 5.32 Å². The molecule has 0 saturated carbocycles. The molecule has 0 aliphatic rings. The molecule has 0 fully saturated rings. The average Bonchev–Trinajstić information content (AvgIpc) is 2.89. The molecular weight excluding hydrogens is 493 g/mol. The highest BCUT2D eigenvalue weighted by atomic mass is 32.2. The Morgan fingerprint density at radius 2 is 1.43 bits per heavy atom. The van der Waals surface area contributed by atoms with Crippen molar-refractivity contribution in [3.05, 3.63) is 96.3 Å². The molecule has 9 heteroatoms. The lowest BCUT2D eigenvalue weighted by Crippen LogP contribution is -2.51. The zero-order chi connectivity index (χ0) is 27.0. The van der Waals surface area contributed by atoms with Gasteiger partial charge in [0, 0.05) is 13.1 Å². The second kappa shape index (κ2) is 12.5. The highest BCUT2D eigenvalue weighted by Crippen LogP contribution is 2.24. The van der Waals surface area contributed by atoms with Crippen LogP contribution in [-0.4, -0.2) is 44.3 Å². The van der Waals surface area contributed by atoms with Gasteiger partial charge in [-0.3, -0.25) is 13.9 Å². The molecule has 2 amide bonds. The third-order valence-electron chi connectivity index (χ3n) is 5.77. The van der Waals surface area contributed by atoms with Gasteiger partial charge in [-0.1, -0.05) is 62.4 Å². The van der Waals surface area contributed by atoms with Crippen LogP contribution in [0.2, 0.25) is 0 Å². The van der Waals surface area contributed by atoms with E-state index in [-0.39, 0.29) is 29.0 Å². The fraction of sp³-hybridized carbons (Fsp3) is 0.286. The Morgan fingerprint density at radius 3 is 2.00 bits per heavy atom. The molecule has 1 atom stereocenters. The van der Waals surface area contributed by atoms with E-state index in [9.17, 15) is 22.4 Å². The lowest BCUT2D eigenvalue weighted by Gasteiger charge is -2.32. The van der Waals surface area contributed by atoms with Crippen LogP contribution in [-0.2, 0) is 26.2 Å². The van der Waals surface area contributed by atoms with Crippen LogP contribution in [0.25, 0.3) is 0 Å². The van der Waals surface area contributed by atoms with Gasteiger partial charge in [-0.15, -0.1) is 0 Å². The van der Waals surface area contributed by atoms with Gasteiger partial charge in [-0.05, 0) is 54.8 Å². The number of nitrogens with one attached hydrogen (secondary N) is 1. The highest BCUT2D eigenvalue weighted by molar-refractivity contribution is 7.92. The number of anilines is 1. The van der Waals surface area contributed by atoms with Crippen LogP contribution < -0.4 is 9.62 Å². The van der Waals surface area contributed by atoms with Crippen LogP contribution in [0.1, 0.15) is 26.3 Å². The summed E-state index contributed by atoms with van der Waals surface area (Å²) in [5.41, 5.74) is 1.07. The van der Waals surface area contributed by atoms with Gasteiger partial charge in [0.1, 0.15) is 18.4 Å². The Labute approximate surface area is 218 Å². The van der Waals surface area contributed by atoms with Gasteiger partial charge in [-0.2, -0.15) is 0 Å². The number of benzene rings is 3. The highest BCUT2D eigenvalue weighted by Gasteiger charge is 2.32. The lowest BCUT2D eigenvalue weighted by atomic mass is 10.1. The minimum atomic E-state index is -4.22. The number of hydrogen-bond donors (Lipinski definition) is 1. The Morgan fingerprint density at radius 1 is 0.865 bits per heavy atom. The summed E-state index contributed by atoms with van der Waals surface area (Å²) in [6, 6.07) is 21.0. The molecule has 3 rings (SSSR count). The predicted octanol–water partition coefficient (Wildman–Crippen LogP) is 4.21. The number of nitrogens with zero attached hydrogens (tertiary/aromatic N) is 2. The molecular formula is C28H32FN3O4S. The van der Waals surface area contributed by atoms with Crippen LogP contribution in [0.3, 0.4) is 0 Å². The van der Waals surface area contributed by atoms with E-state index in [1.807, 2.05) is 44.2 Å². The first-order valence-electron chi connectivity index (χ1n) is 12.0. The fourth-order valence-electron chi connectivity index (χ4n) is 3.67. The molecule has 37 heavy (non-hydrogen) atoms. The van der Waals surface area contributed by atoms with E-state index >= 15 is 0 Å². The van der Waals surface area contributed by atoms with Crippen molar-refractivity contribution in [1.82, 2.24) is 10.2 Å². The van der Waals surface area contributed by atoms with Crippen LogP contribution in [0, 0.1) is 11.7 Å². The third kappa shape index (κ3) is 7.39. The third-order valence-corrected chi connectivity index (χ3v) is 7.56. The van der Waals surface area contributed by atoms with Gasteiger partial charge < -0.3 is 10.2 Å². The normalized spacial score (nSPS) is 12.1. The number of halogens is 1. The van der Waals surface area contributed by atoms with Crippen LogP contribution in [0.15, 0.2) is 89.8 Å². The van der Waals surface area contributed by atoms with Gasteiger partial charge in [0.2, 0.25) is 11.8 Å². The van der Waals surface area contributed by atoms with Gasteiger partial charge >= 0.3 is 0 Å². The number of carbonyl (C=O) groups excluding carboxylic acids is 2. The molecule has 0 aliphatic carbocycles. The van der Waals surface area contributed by atoms with Crippen LogP contribution in [0.5, 0.6) is 0 Å². The summed E-state index contributed by atoms with van der Waals surface area (Å²) in [4.78, 5) is 27.9. The van der Waals surface area contributed by atoms with Crippen molar-refractivity contribution in [3.8, 4) is 0 Å². The SMILES string of the molecule is CC(C)CNC(=O)[C@@H](C)N(Cc1ccccc1)C(=O)CN(c1ccccc1)S(=O)(=O)c1ccc(F)cc1. The van der Waals surface area contributed by atoms with Crippen molar-refractivity contribution in [2.75, 3.05) is 17.4 Å². The average molecular weight is 526 g/mol. The molecule has 1 N–H and O–H groups in total. The number of sulfonamides is 1. The molecule has 0 saturated heterocycles. The molecule has 0 heterocycles.